The van der Waals surface area contributed by atoms with Crippen molar-refractivity contribution in [2.75, 3.05) is 6.54 Å². The van der Waals surface area contributed by atoms with Gasteiger partial charge in [-0.3, -0.25) is 9.59 Å². The summed E-state index contributed by atoms with van der Waals surface area (Å²) < 4.78 is 44.6. The summed E-state index contributed by atoms with van der Waals surface area (Å²) in [5.41, 5.74) is 7.64. The van der Waals surface area contributed by atoms with Gasteiger partial charge >= 0.3 is 12.1 Å². The summed E-state index contributed by atoms with van der Waals surface area (Å²) in [6.07, 6.45) is -4.06. The molecule has 1 heterocycles. The third-order valence-electron chi connectivity index (χ3n) is 6.77. The zero-order valence-corrected chi connectivity index (χ0v) is 21.0. The summed E-state index contributed by atoms with van der Waals surface area (Å²) in [4.78, 5) is 40.1. The molecule has 202 valence electrons. The fourth-order valence-corrected chi connectivity index (χ4v) is 4.85. The van der Waals surface area contributed by atoms with E-state index in [9.17, 15) is 27.6 Å². The molecule has 1 unspecified atom stereocenters. The molecule has 0 aliphatic carbocycles. The lowest BCUT2D eigenvalue weighted by Crippen LogP contribution is -2.45. The van der Waals surface area contributed by atoms with Crippen LogP contribution in [0.1, 0.15) is 43.4 Å². The third-order valence-corrected chi connectivity index (χ3v) is 6.77. The zero-order chi connectivity index (χ0) is 28.4. The number of carbonyl (C=O) groups excluding carboxylic acids is 3. The third kappa shape index (κ3) is 5.31. The van der Waals surface area contributed by atoms with Crippen molar-refractivity contribution in [3.05, 3.63) is 125 Å². The Kier molecular flexibility index (Phi) is 7.13. The highest BCUT2D eigenvalue weighted by molar-refractivity contribution is 5.99. The summed E-state index contributed by atoms with van der Waals surface area (Å²) in [5, 5.41) is 0. The first-order valence-corrected chi connectivity index (χ1v) is 12.4. The monoisotopic (exact) mass is 544 g/mol. The van der Waals surface area contributed by atoms with Crippen molar-refractivity contribution in [2.24, 2.45) is 5.73 Å². The number of rotatable bonds is 5. The average Bonchev–Trinajstić information content (AvgIpc) is 2.96. The minimum absolute atomic E-state index is 0.176. The van der Waals surface area contributed by atoms with Gasteiger partial charge in [-0.2, -0.15) is 13.2 Å². The van der Waals surface area contributed by atoms with Crippen molar-refractivity contribution in [1.82, 2.24) is 4.90 Å². The molecule has 2 amide bonds. The van der Waals surface area contributed by atoms with Crippen LogP contribution in [0.2, 0.25) is 0 Å². The number of esters is 1. The molecule has 0 fully saturated rings. The molecule has 4 aromatic carbocycles. The van der Waals surface area contributed by atoms with E-state index in [1.54, 1.807) is 60.7 Å². The normalized spacial score (nSPS) is 14.8. The van der Waals surface area contributed by atoms with Gasteiger partial charge < -0.3 is 15.4 Å². The molecule has 0 saturated carbocycles. The predicted octanol–water partition coefficient (Wildman–Crippen LogP) is 5.82. The highest BCUT2D eigenvalue weighted by atomic mass is 19.4. The summed E-state index contributed by atoms with van der Waals surface area (Å²) in [6.45, 7) is 0.239. The number of alkyl halides is 3. The molecular formula is C31H23F3N2O4. The van der Waals surface area contributed by atoms with E-state index in [4.69, 9.17) is 10.5 Å². The molecule has 40 heavy (non-hydrogen) atoms. The van der Waals surface area contributed by atoms with Crippen LogP contribution in [0.3, 0.4) is 0 Å². The molecule has 1 aliphatic rings. The molecule has 0 spiro atoms. The predicted molar refractivity (Wildman–Crippen MR) is 141 cm³/mol. The van der Waals surface area contributed by atoms with Crippen LogP contribution >= 0.6 is 0 Å². The Hall–Kier alpha value is -4.92. The molecule has 1 atom stereocenters. The van der Waals surface area contributed by atoms with E-state index >= 15 is 0 Å². The maximum absolute atomic E-state index is 13.1. The molecule has 2 N–H and O–H groups in total. The SMILES string of the molecule is NC(=O)C1c2ccc(OC(=O)c3ccccc3-c3ccc(C(F)(F)F)cc3)cc2CCN1C(=O)c1ccccc1. The minimum Gasteiger partial charge on any atom is -0.423 e. The summed E-state index contributed by atoms with van der Waals surface area (Å²) in [5.74, 6) is -1.47. The number of halogens is 3. The second kappa shape index (κ2) is 10.7. The van der Waals surface area contributed by atoms with Crippen molar-refractivity contribution in [2.45, 2.75) is 18.6 Å². The Morgan fingerprint density at radius 1 is 0.850 bits per heavy atom. The lowest BCUT2D eigenvalue weighted by molar-refractivity contribution is -0.137. The molecular weight excluding hydrogens is 521 g/mol. The van der Waals surface area contributed by atoms with Gasteiger partial charge in [-0.1, -0.05) is 54.6 Å². The van der Waals surface area contributed by atoms with Crippen LogP contribution in [0, 0.1) is 0 Å². The van der Waals surface area contributed by atoms with Crippen LogP contribution in [-0.2, 0) is 17.4 Å². The van der Waals surface area contributed by atoms with Gasteiger partial charge in [0, 0.05) is 12.1 Å². The van der Waals surface area contributed by atoms with Crippen molar-refractivity contribution in [3.8, 4) is 16.9 Å². The van der Waals surface area contributed by atoms with E-state index in [0.29, 0.717) is 34.2 Å². The number of carbonyl (C=O) groups is 3. The molecule has 0 bridgehead atoms. The minimum atomic E-state index is -4.47. The lowest BCUT2D eigenvalue weighted by atomic mass is 9.91. The van der Waals surface area contributed by atoms with E-state index < -0.39 is 29.7 Å². The van der Waals surface area contributed by atoms with E-state index in [1.807, 2.05) is 0 Å². The number of amides is 2. The maximum atomic E-state index is 13.1. The molecule has 0 radical (unpaired) electrons. The first-order valence-electron chi connectivity index (χ1n) is 12.4. The highest BCUT2D eigenvalue weighted by Gasteiger charge is 2.35. The van der Waals surface area contributed by atoms with Gasteiger partial charge in [0.05, 0.1) is 11.1 Å². The molecule has 6 nitrogen and oxygen atoms in total. The van der Waals surface area contributed by atoms with Gasteiger partial charge in [0.15, 0.2) is 0 Å². The Morgan fingerprint density at radius 3 is 2.20 bits per heavy atom. The van der Waals surface area contributed by atoms with Crippen molar-refractivity contribution < 1.29 is 32.3 Å². The number of primary amides is 1. The molecule has 0 aromatic heterocycles. The van der Waals surface area contributed by atoms with Gasteiger partial charge in [0.25, 0.3) is 5.91 Å². The number of hydrogen-bond donors (Lipinski definition) is 1. The average molecular weight is 545 g/mol. The molecule has 9 heteroatoms. The van der Waals surface area contributed by atoms with Crippen molar-refractivity contribution >= 4 is 17.8 Å². The first kappa shape index (κ1) is 26.7. The van der Waals surface area contributed by atoms with E-state index in [2.05, 4.69) is 0 Å². The van der Waals surface area contributed by atoms with Gasteiger partial charge in [-0.15, -0.1) is 0 Å². The van der Waals surface area contributed by atoms with Gasteiger partial charge in [-0.25, -0.2) is 4.79 Å². The molecule has 4 aromatic rings. The summed E-state index contributed by atoms with van der Waals surface area (Å²) in [7, 11) is 0. The summed E-state index contributed by atoms with van der Waals surface area (Å²) >= 11 is 0. The fourth-order valence-electron chi connectivity index (χ4n) is 4.85. The van der Waals surface area contributed by atoms with Gasteiger partial charge in [0.2, 0.25) is 5.91 Å². The number of ether oxygens (including phenoxy) is 1. The van der Waals surface area contributed by atoms with Crippen LogP contribution in [0.15, 0.2) is 97.1 Å². The second-order valence-corrected chi connectivity index (χ2v) is 9.29. The highest BCUT2D eigenvalue weighted by Crippen LogP contribution is 2.35. The molecule has 5 rings (SSSR count). The molecule has 1 aliphatic heterocycles. The lowest BCUT2D eigenvalue weighted by Gasteiger charge is -2.35. The smallest absolute Gasteiger partial charge is 0.416 e. The summed E-state index contributed by atoms with van der Waals surface area (Å²) in [6, 6.07) is 23.4. The van der Waals surface area contributed by atoms with Crippen LogP contribution in [0.5, 0.6) is 5.75 Å². The fraction of sp³-hybridized carbons (Fsp3) is 0.129. The number of nitrogens with two attached hydrogens (primary N) is 1. The Morgan fingerprint density at radius 2 is 1.52 bits per heavy atom. The van der Waals surface area contributed by atoms with E-state index in [0.717, 1.165) is 12.1 Å². The zero-order valence-electron chi connectivity index (χ0n) is 21.0. The van der Waals surface area contributed by atoms with Crippen LogP contribution in [-0.4, -0.2) is 29.2 Å². The van der Waals surface area contributed by atoms with Crippen LogP contribution < -0.4 is 10.5 Å². The second-order valence-electron chi connectivity index (χ2n) is 9.29. The Labute approximate surface area is 227 Å². The van der Waals surface area contributed by atoms with Crippen LogP contribution in [0.25, 0.3) is 11.1 Å². The van der Waals surface area contributed by atoms with E-state index in [-0.39, 0.29) is 23.8 Å². The quantitative estimate of drug-likeness (QED) is 0.253. The van der Waals surface area contributed by atoms with Gasteiger partial charge in [0.1, 0.15) is 11.8 Å². The number of fused-ring (bicyclic) bond motifs is 1. The topological polar surface area (TPSA) is 89.7 Å². The van der Waals surface area contributed by atoms with Crippen LogP contribution in [0.4, 0.5) is 13.2 Å². The number of nitrogens with zero attached hydrogens (tertiary/aromatic N) is 1. The largest absolute Gasteiger partial charge is 0.423 e. The standard InChI is InChI=1S/C31H23F3N2O4/c32-31(33,34)22-12-10-19(11-13-22)24-8-4-5-9-26(24)30(39)40-23-14-15-25-21(18-23)16-17-36(27(25)28(35)37)29(38)20-6-2-1-3-7-20/h1-15,18,27H,16-17H2,(H2,35,37). The maximum Gasteiger partial charge on any atom is 0.416 e. The van der Waals surface area contributed by atoms with Gasteiger partial charge in [-0.05, 0) is 71.1 Å². The Bertz CT molecular complexity index is 1580. The number of hydrogen-bond acceptors (Lipinski definition) is 4. The molecule has 0 saturated heterocycles. The van der Waals surface area contributed by atoms with Crippen molar-refractivity contribution in [1.29, 1.82) is 0 Å². The Balaban J connectivity index is 1.39. The van der Waals surface area contributed by atoms with E-state index in [1.165, 1.54) is 29.2 Å². The van der Waals surface area contributed by atoms with Crippen molar-refractivity contribution in [3.63, 3.8) is 0 Å². The number of benzene rings is 4. The first-order chi connectivity index (χ1) is 19.1.